The average molecular weight is 256 g/mol. The first-order chi connectivity index (χ1) is 9.43. The molecule has 3 heteroatoms. The van der Waals surface area contributed by atoms with Gasteiger partial charge in [0.2, 0.25) is 0 Å². The molecule has 0 radical (unpaired) electrons. The van der Waals surface area contributed by atoms with Crippen LogP contribution in [0.25, 0.3) is 10.9 Å². The minimum Gasteiger partial charge on any atom is -0.381 e. The Bertz CT molecular complexity index is 530. The predicted octanol–water partition coefficient (Wildman–Crippen LogP) is 2.40. The molecule has 1 aromatic carbocycles. The molecule has 1 atom stereocenters. The van der Waals surface area contributed by atoms with Crippen molar-refractivity contribution in [2.75, 3.05) is 26.3 Å². The van der Waals surface area contributed by atoms with Crippen molar-refractivity contribution < 1.29 is 4.74 Å². The number of ether oxygens (including phenoxy) is 1. The Morgan fingerprint density at radius 1 is 1.26 bits per heavy atom. The molecule has 0 aliphatic carbocycles. The van der Waals surface area contributed by atoms with Gasteiger partial charge in [0.05, 0.1) is 12.1 Å². The maximum atomic E-state index is 5.38. The first-order valence-electron chi connectivity index (χ1n) is 7.04. The maximum Gasteiger partial charge on any atom is 0.0734 e. The predicted molar refractivity (Wildman–Crippen MR) is 77.2 cm³/mol. The fraction of sp³-hybridized carbons (Fsp3) is 0.438. The van der Waals surface area contributed by atoms with Crippen LogP contribution in [0.2, 0.25) is 0 Å². The second kappa shape index (κ2) is 6.13. The molecule has 0 amide bonds. The Morgan fingerprint density at radius 2 is 2.21 bits per heavy atom. The van der Waals surface area contributed by atoms with Gasteiger partial charge in [0.25, 0.3) is 0 Å². The van der Waals surface area contributed by atoms with Crippen molar-refractivity contribution in [3.8, 4) is 0 Å². The molecular weight excluding hydrogens is 236 g/mol. The van der Waals surface area contributed by atoms with Gasteiger partial charge in [0.15, 0.2) is 0 Å². The zero-order valence-electron chi connectivity index (χ0n) is 11.1. The Morgan fingerprint density at radius 3 is 3.11 bits per heavy atom. The smallest absolute Gasteiger partial charge is 0.0734 e. The summed E-state index contributed by atoms with van der Waals surface area (Å²) < 4.78 is 5.38. The number of nitrogens with zero attached hydrogens (tertiary/aromatic N) is 1. The number of benzene rings is 1. The van der Waals surface area contributed by atoms with Crippen LogP contribution in [0, 0.1) is 5.92 Å². The van der Waals surface area contributed by atoms with E-state index in [4.69, 9.17) is 4.74 Å². The maximum absolute atomic E-state index is 5.38. The molecule has 1 saturated heterocycles. The van der Waals surface area contributed by atoms with E-state index < -0.39 is 0 Å². The largest absolute Gasteiger partial charge is 0.381 e. The van der Waals surface area contributed by atoms with E-state index in [0.717, 1.165) is 38.2 Å². The number of para-hydroxylation sites is 1. The number of rotatable bonds is 5. The van der Waals surface area contributed by atoms with Crippen LogP contribution in [0.4, 0.5) is 0 Å². The first kappa shape index (κ1) is 12.6. The van der Waals surface area contributed by atoms with E-state index in [1.54, 1.807) is 0 Å². The fourth-order valence-corrected chi connectivity index (χ4v) is 2.64. The minimum atomic E-state index is 0.700. The van der Waals surface area contributed by atoms with E-state index >= 15 is 0 Å². The molecule has 1 aliphatic heterocycles. The molecule has 1 aromatic heterocycles. The molecular formula is C16H20N2O. The highest BCUT2D eigenvalue weighted by molar-refractivity contribution is 5.81. The third-order valence-electron chi connectivity index (χ3n) is 3.74. The Balaban J connectivity index is 1.56. The summed E-state index contributed by atoms with van der Waals surface area (Å²) in [6, 6.07) is 10.5. The van der Waals surface area contributed by atoms with Crippen molar-refractivity contribution >= 4 is 10.9 Å². The van der Waals surface area contributed by atoms with Gasteiger partial charge < -0.3 is 10.1 Å². The summed E-state index contributed by atoms with van der Waals surface area (Å²) in [6.45, 7) is 3.92. The lowest BCUT2D eigenvalue weighted by molar-refractivity contribution is 0.185. The van der Waals surface area contributed by atoms with Crippen LogP contribution in [0.5, 0.6) is 0 Å². The van der Waals surface area contributed by atoms with Gasteiger partial charge in [-0.3, -0.25) is 4.98 Å². The van der Waals surface area contributed by atoms with Crippen molar-refractivity contribution in [1.29, 1.82) is 0 Å². The average Bonchev–Trinajstić information content (AvgIpc) is 2.97. The van der Waals surface area contributed by atoms with Crippen LogP contribution in [-0.2, 0) is 11.2 Å². The van der Waals surface area contributed by atoms with Crippen LogP contribution in [-0.4, -0.2) is 31.3 Å². The molecule has 1 fully saturated rings. The van der Waals surface area contributed by atoms with Crippen molar-refractivity contribution in [2.24, 2.45) is 5.92 Å². The van der Waals surface area contributed by atoms with Crippen LogP contribution in [0.3, 0.4) is 0 Å². The first-order valence-corrected chi connectivity index (χ1v) is 7.04. The Hall–Kier alpha value is -1.45. The Labute approximate surface area is 114 Å². The minimum absolute atomic E-state index is 0.700. The van der Waals surface area contributed by atoms with Gasteiger partial charge >= 0.3 is 0 Å². The summed E-state index contributed by atoms with van der Waals surface area (Å²) in [5.74, 6) is 0.700. The molecule has 1 N–H and O–H groups in total. The van der Waals surface area contributed by atoms with Gasteiger partial charge in [-0.2, -0.15) is 0 Å². The zero-order chi connectivity index (χ0) is 12.9. The molecule has 19 heavy (non-hydrogen) atoms. The van der Waals surface area contributed by atoms with E-state index in [-0.39, 0.29) is 0 Å². The summed E-state index contributed by atoms with van der Waals surface area (Å²) >= 11 is 0. The summed E-state index contributed by atoms with van der Waals surface area (Å²) in [5, 5.41) is 4.76. The molecule has 0 saturated carbocycles. The quantitative estimate of drug-likeness (QED) is 0.834. The summed E-state index contributed by atoms with van der Waals surface area (Å²) in [5.41, 5.74) is 2.46. The van der Waals surface area contributed by atoms with E-state index in [1.165, 1.54) is 17.4 Å². The molecule has 1 aliphatic rings. The highest BCUT2D eigenvalue weighted by Crippen LogP contribution is 2.16. The number of pyridine rings is 1. The summed E-state index contributed by atoms with van der Waals surface area (Å²) in [4.78, 5) is 4.49. The number of nitrogens with one attached hydrogen (secondary N) is 1. The topological polar surface area (TPSA) is 34.2 Å². The molecule has 2 aromatic rings. The van der Waals surface area contributed by atoms with Crippen LogP contribution in [0.15, 0.2) is 36.5 Å². The summed E-state index contributed by atoms with van der Waals surface area (Å²) in [6.07, 6.45) is 4.10. The van der Waals surface area contributed by atoms with Gasteiger partial charge in [0.1, 0.15) is 0 Å². The lowest BCUT2D eigenvalue weighted by Gasteiger charge is -2.10. The van der Waals surface area contributed by atoms with Crippen molar-refractivity contribution in [1.82, 2.24) is 10.3 Å². The van der Waals surface area contributed by atoms with E-state index in [0.29, 0.717) is 5.92 Å². The SMILES string of the molecule is c1cnc2c(CCNCC3CCOC3)cccc2c1. The molecule has 0 spiro atoms. The van der Waals surface area contributed by atoms with Gasteiger partial charge in [-0.15, -0.1) is 0 Å². The number of hydrogen-bond donors (Lipinski definition) is 1. The van der Waals surface area contributed by atoms with Gasteiger partial charge in [-0.25, -0.2) is 0 Å². The molecule has 3 rings (SSSR count). The zero-order valence-corrected chi connectivity index (χ0v) is 11.1. The van der Waals surface area contributed by atoms with Crippen molar-refractivity contribution in [2.45, 2.75) is 12.8 Å². The highest BCUT2D eigenvalue weighted by atomic mass is 16.5. The van der Waals surface area contributed by atoms with Crippen LogP contribution in [0.1, 0.15) is 12.0 Å². The molecule has 0 bridgehead atoms. The van der Waals surface area contributed by atoms with E-state index in [9.17, 15) is 0 Å². The highest BCUT2D eigenvalue weighted by Gasteiger charge is 2.14. The second-order valence-electron chi connectivity index (χ2n) is 5.18. The van der Waals surface area contributed by atoms with Crippen molar-refractivity contribution in [3.05, 3.63) is 42.1 Å². The van der Waals surface area contributed by atoms with Gasteiger partial charge in [-0.1, -0.05) is 24.3 Å². The lowest BCUT2D eigenvalue weighted by atomic mass is 10.1. The van der Waals surface area contributed by atoms with E-state index in [1.807, 2.05) is 12.3 Å². The monoisotopic (exact) mass is 256 g/mol. The Kier molecular flexibility index (Phi) is 4.06. The molecule has 2 heterocycles. The van der Waals surface area contributed by atoms with Crippen LogP contribution < -0.4 is 5.32 Å². The summed E-state index contributed by atoms with van der Waals surface area (Å²) in [7, 11) is 0. The fourth-order valence-electron chi connectivity index (χ4n) is 2.64. The van der Waals surface area contributed by atoms with Gasteiger partial charge in [0, 0.05) is 24.7 Å². The lowest BCUT2D eigenvalue weighted by Crippen LogP contribution is -2.25. The standard InChI is InChI=1S/C16H20N2O/c1-3-14-5-2-8-18-16(14)15(4-1)6-9-17-11-13-7-10-19-12-13/h1-5,8,13,17H,6-7,9-12H2. The molecule has 100 valence electrons. The number of fused-ring (bicyclic) bond motifs is 1. The second-order valence-corrected chi connectivity index (χ2v) is 5.18. The number of aromatic nitrogens is 1. The van der Waals surface area contributed by atoms with Gasteiger partial charge in [-0.05, 0) is 36.9 Å². The van der Waals surface area contributed by atoms with Crippen molar-refractivity contribution in [3.63, 3.8) is 0 Å². The third-order valence-corrected chi connectivity index (χ3v) is 3.74. The molecule has 1 unspecified atom stereocenters. The third kappa shape index (κ3) is 3.11. The van der Waals surface area contributed by atoms with E-state index in [2.05, 4.69) is 34.6 Å². The van der Waals surface area contributed by atoms with Crippen LogP contribution >= 0.6 is 0 Å². The molecule has 3 nitrogen and oxygen atoms in total. The number of hydrogen-bond acceptors (Lipinski definition) is 3. The normalized spacial score (nSPS) is 19.1.